The number of methoxy groups -OCH3 is 1. The summed E-state index contributed by atoms with van der Waals surface area (Å²) >= 11 is 0. The molecule has 8 heteroatoms. The lowest BCUT2D eigenvalue weighted by atomic mass is 9.81. The summed E-state index contributed by atoms with van der Waals surface area (Å²) in [5, 5.41) is 19.2. The fourth-order valence-electron chi connectivity index (χ4n) is 2.89. The van der Waals surface area contributed by atoms with Gasteiger partial charge in [-0.1, -0.05) is 6.92 Å². The summed E-state index contributed by atoms with van der Waals surface area (Å²) in [6.45, 7) is 2.83. The van der Waals surface area contributed by atoms with Crippen molar-refractivity contribution in [3.8, 4) is 22.9 Å². The summed E-state index contributed by atoms with van der Waals surface area (Å²) < 4.78 is 16.3. The lowest BCUT2D eigenvalue weighted by Gasteiger charge is -2.14. The molecule has 1 saturated heterocycles. The zero-order valence-electron chi connectivity index (χ0n) is 15.0. The number of ether oxygens (including phenoxy) is 2. The number of hydrogen-bond donors (Lipinski definition) is 2. The maximum absolute atomic E-state index is 9.60. The van der Waals surface area contributed by atoms with Crippen molar-refractivity contribution >= 4 is 7.12 Å². The minimum absolute atomic E-state index is 0.0221. The summed E-state index contributed by atoms with van der Waals surface area (Å²) in [6.07, 6.45) is 1.37. The van der Waals surface area contributed by atoms with Crippen LogP contribution in [0, 0.1) is 0 Å². The van der Waals surface area contributed by atoms with E-state index in [1.54, 1.807) is 13.2 Å². The van der Waals surface area contributed by atoms with E-state index in [1.807, 2.05) is 25.1 Å². The largest absolute Gasteiger partial charge is 0.493 e. The molecule has 1 fully saturated rings. The smallest absolute Gasteiger partial charge is 0.454 e. The standard InChI is InChI=1S/C18H23BN2O5/c1-3-6-25-17-7-12(4-5-16(17)24-2)18-20-14(10-22)8-15(21-18)13-9-19(23)26-11-13/h4-5,7-8,13,22-23H,3,6,9-11H2,1-2H3/t13-/m0/s1. The zero-order chi connectivity index (χ0) is 18.5. The second-order valence-corrected chi connectivity index (χ2v) is 6.20. The van der Waals surface area contributed by atoms with Gasteiger partial charge in [0.05, 0.1) is 26.0 Å². The average Bonchev–Trinajstić information content (AvgIpc) is 3.12. The highest BCUT2D eigenvalue weighted by Gasteiger charge is 2.31. The fourth-order valence-corrected chi connectivity index (χ4v) is 2.89. The highest BCUT2D eigenvalue weighted by atomic mass is 16.5. The minimum Gasteiger partial charge on any atom is -0.493 e. The molecule has 3 rings (SSSR count). The van der Waals surface area contributed by atoms with E-state index in [2.05, 4.69) is 9.97 Å². The van der Waals surface area contributed by atoms with Gasteiger partial charge in [0.15, 0.2) is 17.3 Å². The number of benzene rings is 1. The van der Waals surface area contributed by atoms with Crippen LogP contribution in [0.15, 0.2) is 24.3 Å². The Morgan fingerprint density at radius 3 is 2.77 bits per heavy atom. The topological polar surface area (TPSA) is 93.9 Å². The summed E-state index contributed by atoms with van der Waals surface area (Å²) in [7, 11) is 0.825. The van der Waals surface area contributed by atoms with Gasteiger partial charge in [-0.05, 0) is 37.0 Å². The van der Waals surface area contributed by atoms with E-state index in [1.165, 1.54) is 0 Å². The highest BCUT2D eigenvalue weighted by molar-refractivity contribution is 6.43. The van der Waals surface area contributed by atoms with Crippen molar-refractivity contribution in [3.05, 3.63) is 35.7 Å². The van der Waals surface area contributed by atoms with Crippen molar-refractivity contribution < 1.29 is 24.3 Å². The first-order valence-corrected chi connectivity index (χ1v) is 8.74. The molecule has 1 aliphatic rings. The van der Waals surface area contributed by atoms with Gasteiger partial charge >= 0.3 is 7.12 Å². The molecule has 0 aliphatic carbocycles. The summed E-state index contributed by atoms with van der Waals surface area (Å²) in [5.74, 6) is 1.75. The number of rotatable bonds is 7. The van der Waals surface area contributed by atoms with Gasteiger partial charge in [-0.15, -0.1) is 0 Å². The predicted molar refractivity (Wildman–Crippen MR) is 97.2 cm³/mol. The first-order valence-electron chi connectivity index (χ1n) is 8.74. The maximum atomic E-state index is 9.60. The number of aliphatic hydroxyl groups excluding tert-OH is 1. The third kappa shape index (κ3) is 4.15. The molecular weight excluding hydrogens is 335 g/mol. The van der Waals surface area contributed by atoms with E-state index in [9.17, 15) is 10.1 Å². The van der Waals surface area contributed by atoms with Gasteiger partial charge in [-0.25, -0.2) is 9.97 Å². The summed E-state index contributed by atoms with van der Waals surface area (Å²) in [4.78, 5) is 9.06. The van der Waals surface area contributed by atoms with Crippen LogP contribution in [0.4, 0.5) is 0 Å². The van der Waals surface area contributed by atoms with E-state index in [-0.39, 0.29) is 12.5 Å². The number of nitrogens with zero attached hydrogens (tertiary/aromatic N) is 2. The Bertz CT molecular complexity index is 758. The Balaban J connectivity index is 1.97. The molecule has 0 spiro atoms. The van der Waals surface area contributed by atoms with Crippen LogP contribution in [0.25, 0.3) is 11.4 Å². The molecule has 0 amide bonds. The lowest BCUT2D eigenvalue weighted by Crippen LogP contribution is -2.08. The van der Waals surface area contributed by atoms with E-state index in [0.29, 0.717) is 42.6 Å². The monoisotopic (exact) mass is 358 g/mol. The minimum atomic E-state index is -0.772. The third-order valence-corrected chi connectivity index (χ3v) is 4.24. The predicted octanol–water partition coefficient (Wildman–Crippen LogP) is 2.03. The van der Waals surface area contributed by atoms with E-state index in [4.69, 9.17) is 14.1 Å². The Morgan fingerprint density at radius 1 is 1.27 bits per heavy atom. The fraction of sp³-hybridized carbons (Fsp3) is 0.444. The Morgan fingerprint density at radius 2 is 2.12 bits per heavy atom. The molecule has 138 valence electrons. The first-order chi connectivity index (χ1) is 12.6. The van der Waals surface area contributed by atoms with Crippen molar-refractivity contribution in [1.82, 2.24) is 9.97 Å². The third-order valence-electron chi connectivity index (χ3n) is 4.24. The lowest BCUT2D eigenvalue weighted by molar-refractivity contribution is 0.275. The van der Waals surface area contributed by atoms with E-state index >= 15 is 0 Å². The number of aliphatic hydroxyl groups is 1. The van der Waals surface area contributed by atoms with Gasteiger partial charge in [0.2, 0.25) is 0 Å². The molecule has 1 aromatic heterocycles. The second-order valence-electron chi connectivity index (χ2n) is 6.20. The van der Waals surface area contributed by atoms with Crippen LogP contribution in [0.3, 0.4) is 0 Å². The van der Waals surface area contributed by atoms with Crippen molar-refractivity contribution in [3.63, 3.8) is 0 Å². The second kappa shape index (κ2) is 8.48. The Labute approximate surface area is 153 Å². The van der Waals surface area contributed by atoms with Crippen molar-refractivity contribution in [2.24, 2.45) is 0 Å². The number of aromatic nitrogens is 2. The molecule has 0 radical (unpaired) electrons. The first kappa shape index (κ1) is 18.6. The SMILES string of the molecule is CCCOc1cc(-c2nc(CO)cc([C@@H]3COB(O)C3)n2)ccc1OC. The van der Waals surface area contributed by atoms with Crippen molar-refractivity contribution in [2.45, 2.75) is 32.2 Å². The molecule has 1 aromatic carbocycles. The molecule has 2 heterocycles. The molecule has 1 atom stereocenters. The maximum Gasteiger partial charge on any atom is 0.454 e. The summed E-state index contributed by atoms with van der Waals surface area (Å²) in [5.41, 5.74) is 2.05. The van der Waals surface area contributed by atoms with Crippen LogP contribution in [-0.2, 0) is 11.3 Å². The molecule has 26 heavy (non-hydrogen) atoms. The zero-order valence-corrected chi connectivity index (χ0v) is 15.0. The Hall–Kier alpha value is -2.16. The Kier molecular flexibility index (Phi) is 6.08. The van der Waals surface area contributed by atoms with E-state index < -0.39 is 7.12 Å². The quantitative estimate of drug-likeness (QED) is 0.732. The van der Waals surface area contributed by atoms with Crippen LogP contribution < -0.4 is 9.47 Å². The molecule has 2 aromatic rings. The molecular formula is C18H23BN2O5. The van der Waals surface area contributed by atoms with Gasteiger partial charge < -0.3 is 24.3 Å². The van der Waals surface area contributed by atoms with Crippen LogP contribution in [0.2, 0.25) is 6.32 Å². The normalized spacial score (nSPS) is 16.8. The van der Waals surface area contributed by atoms with Crippen LogP contribution in [0.1, 0.15) is 30.7 Å². The van der Waals surface area contributed by atoms with Gasteiger partial charge in [0, 0.05) is 23.8 Å². The number of hydrogen-bond acceptors (Lipinski definition) is 7. The van der Waals surface area contributed by atoms with Crippen LogP contribution in [-0.4, -0.2) is 47.5 Å². The molecule has 7 nitrogen and oxygen atoms in total. The van der Waals surface area contributed by atoms with Crippen LogP contribution in [0.5, 0.6) is 11.5 Å². The van der Waals surface area contributed by atoms with Crippen molar-refractivity contribution in [1.29, 1.82) is 0 Å². The van der Waals surface area contributed by atoms with E-state index in [0.717, 1.165) is 17.7 Å². The van der Waals surface area contributed by atoms with Gasteiger partial charge in [0.1, 0.15) is 0 Å². The summed E-state index contributed by atoms with van der Waals surface area (Å²) in [6, 6.07) is 7.28. The molecule has 2 N–H and O–H groups in total. The molecule has 1 aliphatic heterocycles. The van der Waals surface area contributed by atoms with Gasteiger partial charge in [-0.3, -0.25) is 0 Å². The average molecular weight is 358 g/mol. The van der Waals surface area contributed by atoms with Gasteiger partial charge in [0.25, 0.3) is 0 Å². The van der Waals surface area contributed by atoms with Crippen LogP contribution >= 0.6 is 0 Å². The van der Waals surface area contributed by atoms with Crippen molar-refractivity contribution in [2.75, 3.05) is 20.3 Å². The molecule has 0 bridgehead atoms. The highest BCUT2D eigenvalue weighted by Crippen LogP contribution is 2.33. The molecule has 0 unspecified atom stereocenters. The van der Waals surface area contributed by atoms with Gasteiger partial charge in [-0.2, -0.15) is 0 Å². The molecule has 0 saturated carbocycles.